The highest BCUT2D eigenvalue weighted by molar-refractivity contribution is 14.2. The van der Waals surface area contributed by atoms with Crippen LogP contribution < -0.4 is 0 Å². The van der Waals surface area contributed by atoms with Crippen molar-refractivity contribution in [1.82, 2.24) is 0 Å². The summed E-state index contributed by atoms with van der Waals surface area (Å²) in [5.74, 6) is -0.122. The average molecular weight is 280 g/mol. The maximum atomic E-state index is 10.7. The highest BCUT2D eigenvalue weighted by Crippen LogP contribution is 2.31. The van der Waals surface area contributed by atoms with Gasteiger partial charge in [0.2, 0.25) is 0 Å². The molecule has 4 heteroatoms. The van der Waals surface area contributed by atoms with Gasteiger partial charge in [-0.3, -0.25) is 0 Å². The molecule has 0 radical (unpaired) electrons. The molecule has 1 aromatic carbocycles. The Morgan fingerprint density at radius 3 is 2.25 bits per heavy atom. The number of aromatic hydroxyl groups is 1. The summed E-state index contributed by atoms with van der Waals surface area (Å²) in [6, 6.07) is 3.21. The summed E-state index contributed by atoms with van der Waals surface area (Å²) in [6.07, 6.45) is 0. The third-order valence-electron chi connectivity index (χ3n) is 1.53. The summed E-state index contributed by atoms with van der Waals surface area (Å²) >= 11 is -3.54. The summed E-state index contributed by atoms with van der Waals surface area (Å²) in [6.45, 7) is 3.49. The average Bonchev–Trinajstić information content (AvgIpc) is 1.82. The molecule has 1 rings (SSSR count). The predicted octanol–water partition coefficient (Wildman–Crippen LogP) is 2.38. The maximum Gasteiger partial charge on any atom is 0.344 e. The summed E-state index contributed by atoms with van der Waals surface area (Å²) in [5.41, 5.74) is 1.49. The van der Waals surface area contributed by atoms with Crippen LogP contribution >= 0.6 is 19.8 Å². The predicted molar refractivity (Wildman–Crippen MR) is 51.7 cm³/mol. The van der Waals surface area contributed by atoms with Crippen LogP contribution in [0.4, 0.5) is 0 Å². The molecule has 0 aromatic heterocycles. The molecule has 0 aliphatic heterocycles. The summed E-state index contributed by atoms with van der Waals surface area (Å²) < 4.78 is 21.6. The third kappa shape index (κ3) is 1.74. The van der Waals surface area contributed by atoms with Gasteiger partial charge in [0, 0.05) is 0 Å². The van der Waals surface area contributed by atoms with Gasteiger partial charge in [0.25, 0.3) is 0 Å². The minimum Gasteiger partial charge on any atom is -0.507 e. The van der Waals surface area contributed by atoms with Crippen molar-refractivity contribution in [3.05, 3.63) is 26.8 Å². The van der Waals surface area contributed by atoms with Crippen molar-refractivity contribution in [2.75, 3.05) is 0 Å². The molecule has 0 bridgehead atoms. The fourth-order valence-electron chi connectivity index (χ4n) is 1.13. The first-order valence-electron chi connectivity index (χ1n) is 3.38. The topological polar surface area (TPSA) is 54.4 Å². The fourth-order valence-corrected chi connectivity index (χ4v) is 2.59. The molecule has 0 saturated carbocycles. The summed E-state index contributed by atoms with van der Waals surface area (Å²) in [7, 11) is 0. The molecule has 0 fully saturated rings. The second kappa shape index (κ2) is 3.38. The Balaban J connectivity index is 3.48. The normalized spacial score (nSPS) is 10.6. The van der Waals surface area contributed by atoms with Crippen molar-refractivity contribution >= 4 is 19.8 Å². The largest absolute Gasteiger partial charge is 0.507 e. The Hall–Kier alpha value is -0.650. The van der Waals surface area contributed by atoms with Crippen molar-refractivity contribution < 1.29 is 11.2 Å². The quantitative estimate of drug-likeness (QED) is 0.803. The zero-order valence-electron chi connectivity index (χ0n) is 6.80. The SMILES string of the molecule is Cc1cc(C)c(I(=O)=O)c(O)c1. The van der Waals surface area contributed by atoms with Gasteiger partial charge >= 0.3 is 19.8 Å². The van der Waals surface area contributed by atoms with Crippen LogP contribution in [0, 0.1) is 17.4 Å². The van der Waals surface area contributed by atoms with Gasteiger partial charge in [-0.2, -0.15) is 0 Å². The highest BCUT2D eigenvalue weighted by Gasteiger charge is 2.10. The zero-order chi connectivity index (χ0) is 9.30. The molecular formula is C8H9IO3. The first-order valence-corrected chi connectivity index (χ1v) is 6.22. The van der Waals surface area contributed by atoms with Crippen molar-refractivity contribution in [2.45, 2.75) is 13.8 Å². The van der Waals surface area contributed by atoms with Crippen molar-refractivity contribution in [3.63, 3.8) is 0 Å². The number of hydrogen-bond acceptors (Lipinski definition) is 3. The highest BCUT2D eigenvalue weighted by atomic mass is 127. The number of phenols is 1. The van der Waals surface area contributed by atoms with Crippen molar-refractivity contribution in [1.29, 1.82) is 0 Å². The molecular weight excluding hydrogens is 271 g/mol. The fraction of sp³-hybridized carbons (Fsp3) is 0.250. The first-order chi connectivity index (χ1) is 5.52. The van der Waals surface area contributed by atoms with Crippen molar-refractivity contribution in [3.8, 4) is 5.75 Å². The molecule has 0 saturated heterocycles. The van der Waals surface area contributed by atoms with E-state index < -0.39 is 19.8 Å². The Morgan fingerprint density at radius 1 is 1.25 bits per heavy atom. The van der Waals surface area contributed by atoms with Crippen LogP contribution in [0.15, 0.2) is 12.1 Å². The Morgan fingerprint density at radius 2 is 1.83 bits per heavy atom. The molecule has 0 unspecified atom stereocenters. The van der Waals surface area contributed by atoms with E-state index in [2.05, 4.69) is 0 Å². The third-order valence-corrected chi connectivity index (χ3v) is 3.82. The van der Waals surface area contributed by atoms with Crippen LogP contribution in [0.1, 0.15) is 11.1 Å². The lowest BCUT2D eigenvalue weighted by atomic mass is 10.1. The first kappa shape index (κ1) is 9.44. The lowest BCUT2D eigenvalue weighted by Crippen LogP contribution is -1.84. The number of phenolic OH excluding ortho intramolecular Hbond substituents is 1. The Kier molecular flexibility index (Phi) is 2.66. The summed E-state index contributed by atoms with van der Waals surface area (Å²) in [5, 5.41) is 9.28. The monoisotopic (exact) mass is 280 g/mol. The van der Waals surface area contributed by atoms with Crippen LogP contribution in [0.25, 0.3) is 0 Å². The number of hydrogen-bond donors (Lipinski definition) is 1. The molecule has 1 N–H and O–H groups in total. The van der Waals surface area contributed by atoms with E-state index in [9.17, 15) is 11.2 Å². The van der Waals surface area contributed by atoms with E-state index in [4.69, 9.17) is 0 Å². The number of rotatable bonds is 1. The van der Waals surface area contributed by atoms with Gasteiger partial charge in [-0.05, 0) is 31.0 Å². The lowest BCUT2D eigenvalue weighted by Gasteiger charge is -2.01. The van der Waals surface area contributed by atoms with E-state index in [1.807, 2.05) is 6.92 Å². The zero-order valence-corrected chi connectivity index (χ0v) is 8.95. The van der Waals surface area contributed by atoms with Crippen LogP contribution in [0.5, 0.6) is 5.75 Å². The van der Waals surface area contributed by atoms with Gasteiger partial charge < -0.3 is 5.11 Å². The Bertz CT molecular complexity index is 349. The molecule has 0 aliphatic rings. The van der Waals surface area contributed by atoms with Crippen LogP contribution in [-0.2, 0) is 6.14 Å². The molecule has 66 valence electrons. The minimum absolute atomic E-state index is 0.116. The van der Waals surface area contributed by atoms with Crippen LogP contribution in [0.3, 0.4) is 0 Å². The van der Waals surface area contributed by atoms with Gasteiger partial charge in [0.1, 0.15) is 9.32 Å². The second-order valence-electron chi connectivity index (χ2n) is 2.63. The molecule has 12 heavy (non-hydrogen) atoms. The van der Waals surface area contributed by atoms with Gasteiger partial charge in [-0.1, -0.05) is 6.07 Å². The van der Waals surface area contributed by atoms with E-state index in [-0.39, 0.29) is 9.32 Å². The standard InChI is InChI=1S/C8H9IO3/c1-5-3-6(2)8(9(11)12)7(10)4-5/h3-4,10H,1-2H3. The second-order valence-corrected chi connectivity index (χ2v) is 4.95. The Labute approximate surface area is 77.6 Å². The maximum absolute atomic E-state index is 10.7. The van der Waals surface area contributed by atoms with Crippen LogP contribution in [-0.4, -0.2) is 5.11 Å². The number of aryl methyl sites for hydroxylation is 2. The molecule has 1 aromatic rings. The van der Waals surface area contributed by atoms with E-state index in [1.54, 1.807) is 13.0 Å². The van der Waals surface area contributed by atoms with Gasteiger partial charge in [0.05, 0.1) is 0 Å². The smallest absolute Gasteiger partial charge is 0.344 e. The molecule has 3 nitrogen and oxygen atoms in total. The minimum atomic E-state index is -3.54. The molecule has 0 amide bonds. The van der Waals surface area contributed by atoms with E-state index in [0.29, 0.717) is 5.56 Å². The van der Waals surface area contributed by atoms with Gasteiger partial charge in [0.15, 0.2) is 0 Å². The van der Waals surface area contributed by atoms with Crippen molar-refractivity contribution in [2.24, 2.45) is 0 Å². The van der Waals surface area contributed by atoms with E-state index in [0.717, 1.165) is 5.56 Å². The number of benzene rings is 1. The van der Waals surface area contributed by atoms with Crippen LogP contribution in [0.2, 0.25) is 0 Å². The van der Waals surface area contributed by atoms with E-state index in [1.165, 1.54) is 6.07 Å². The van der Waals surface area contributed by atoms with Gasteiger partial charge in [-0.25, -0.2) is 6.14 Å². The summed E-state index contributed by atoms with van der Waals surface area (Å²) in [4.78, 5) is 0. The molecule has 0 atom stereocenters. The number of halogens is 1. The molecule has 0 spiro atoms. The molecule has 0 aliphatic carbocycles. The van der Waals surface area contributed by atoms with Gasteiger partial charge in [-0.15, -0.1) is 0 Å². The van der Waals surface area contributed by atoms with E-state index >= 15 is 0 Å². The molecule has 0 heterocycles. The lowest BCUT2D eigenvalue weighted by molar-refractivity contribution is 0.470.